The van der Waals surface area contributed by atoms with Crippen LogP contribution in [-0.2, 0) is 6.54 Å². The lowest BCUT2D eigenvalue weighted by Gasteiger charge is -2.34. The van der Waals surface area contributed by atoms with Crippen molar-refractivity contribution in [2.45, 2.75) is 19.5 Å². The summed E-state index contributed by atoms with van der Waals surface area (Å²) in [6.07, 6.45) is 1.58. The summed E-state index contributed by atoms with van der Waals surface area (Å²) in [4.78, 5) is 20.3. The zero-order chi connectivity index (χ0) is 23.7. The highest BCUT2D eigenvalue weighted by Crippen LogP contribution is 2.40. The smallest absolute Gasteiger partial charge is 0.322 e. The van der Waals surface area contributed by atoms with E-state index in [1.54, 1.807) is 37.5 Å². The topological polar surface area (TPSA) is 103 Å². The predicted octanol–water partition coefficient (Wildman–Crippen LogP) is 5.11. The van der Waals surface area contributed by atoms with Crippen LogP contribution in [0.15, 0.2) is 68.7 Å². The number of allylic oxidation sites excluding steroid dienone is 1. The molecule has 1 aliphatic rings. The summed E-state index contributed by atoms with van der Waals surface area (Å²) in [6.45, 7) is 2.12. The Hall–Kier alpha value is -4.05. The first-order valence-corrected chi connectivity index (χ1v) is 11.4. The van der Waals surface area contributed by atoms with Crippen LogP contribution in [-0.4, -0.2) is 35.3 Å². The van der Waals surface area contributed by atoms with Crippen LogP contribution < -0.4 is 14.8 Å². The van der Waals surface area contributed by atoms with Gasteiger partial charge in [0.05, 0.1) is 43.5 Å². The van der Waals surface area contributed by atoms with Crippen molar-refractivity contribution in [3.05, 3.63) is 77.0 Å². The lowest BCUT2D eigenvalue weighted by atomic mass is 9.94. The van der Waals surface area contributed by atoms with Gasteiger partial charge in [-0.2, -0.15) is 4.98 Å². The van der Waals surface area contributed by atoms with Crippen molar-refractivity contribution in [2.24, 2.45) is 0 Å². The maximum absolute atomic E-state index is 13.2. The first-order chi connectivity index (χ1) is 16.6. The Morgan fingerprint density at radius 2 is 2.00 bits per heavy atom. The van der Waals surface area contributed by atoms with Gasteiger partial charge in [-0.25, -0.2) is 4.79 Å². The Morgan fingerprint density at radius 1 is 1.15 bits per heavy atom. The second kappa shape index (κ2) is 9.06. The lowest BCUT2D eigenvalue weighted by molar-refractivity contribution is 0.199. The van der Waals surface area contributed by atoms with Crippen molar-refractivity contribution in [1.29, 1.82) is 0 Å². The van der Waals surface area contributed by atoms with Crippen LogP contribution in [0.4, 0.5) is 4.79 Å². The molecule has 4 heterocycles. The van der Waals surface area contributed by atoms with Crippen LogP contribution in [0.2, 0.25) is 0 Å². The molecule has 0 saturated carbocycles. The largest absolute Gasteiger partial charge is 0.493 e. The highest BCUT2D eigenvalue weighted by Gasteiger charge is 2.36. The van der Waals surface area contributed by atoms with Gasteiger partial charge in [0.1, 0.15) is 5.76 Å². The number of urea groups is 1. The van der Waals surface area contributed by atoms with Crippen molar-refractivity contribution in [1.82, 2.24) is 20.4 Å². The maximum Gasteiger partial charge on any atom is 0.322 e. The van der Waals surface area contributed by atoms with E-state index < -0.39 is 6.04 Å². The number of benzene rings is 1. The quantitative estimate of drug-likeness (QED) is 0.394. The lowest BCUT2D eigenvalue weighted by Crippen LogP contribution is -2.45. The van der Waals surface area contributed by atoms with E-state index in [1.165, 1.54) is 11.3 Å². The summed E-state index contributed by atoms with van der Waals surface area (Å²) < 4.78 is 22.0. The number of hydrogen-bond donors (Lipinski definition) is 1. The van der Waals surface area contributed by atoms with E-state index in [0.717, 1.165) is 10.4 Å². The predicted molar refractivity (Wildman–Crippen MR) is 125 cm³/mol. The summed E-state index contributed by atoms with van der Waals surface area (Å²) in [5.74, 6) is 2.61. The number of amides is 2. The molecular weight excluding hydrogens is 456 g/mol. The molecule has 10 heteroatoms. The van der Waals surface area contributed by atoms with E-state index in [9.17, 15) is 4.79 Å². The van der Waals surface area contributed by atoms with Crippen LogP contribution in [0.5, 0.6) is 11.5 Å². The molecule has 0 fully saturated rings. The van der Waals surface area contributed by atoms with Gasteiger partial charge in [-0.3, -0.25) is 4.90 Å². The van der Waals surface area contributed by atoms with Gasteiger partial charge in [0, 0.05) is 5.70 Å². The van der Waals surface area contributed by atoms with Gasteiger partial charge in [0.2, 0.25) is 5.82 Å². The number of aromatic nitrogens is 2. The third kappa shape index (κ3) is 3.92. The van der Waals surface area contributed by atoms with Gasteiger partial charge in [0.25, 0.3) is 5.89 Å². The molecule has 34 heavy (non-hydrogen) atoms. The zero-order valence-electron chi connectivity index (χ0n) is 18.8. The van der Waals surface area contributed by atoms with Crippen molar-refractivity contribution in [3.63, 3.8) is 0 Å². The molecule has 0 spiro atoms. The molecule has 9 nitrogen and oxygen atoms in total. The van der Waals surface area contributed by atoms with Gasteiger partial charge >= 0.3 is 6.03 Å². The standard InChI is InChI=1S/C24H22N4O5S/c1-14-20(23-26-22(27-33-23)19-7-5-11-34-19)21(15-8-9-17(30-2)18(12-15)31-3)25-24(29)28(14)13-16-6-4-10-32-16/h4-12,21H,13H2,1-3H3,(H,25,29). The molecule has 0 saturated heterocycles. The SMILES string of the molecule is COc1ccc(C2NC(=O)N(Cc3ccco3)C(C)=C2c2nc(-c3cccs3)no2)cc1OC. The van der Waals surface area contributed by atoms with Gasteiger partial charge in [0.15, 0.2) is 11.5 Å². The van der Waals surface area contributed by atoms with E-state index in [0.29, 0.717) is 40.2 Å². The monoisotopic (exact) mass is 478 g/mol. The van der Waals surface area contributed by atoms with Gasteiger partial charge in [-0.15, -0.1) is 11.3 Å². The highest BCUT2D eigenvalue weighted by molar-refractivity contribution is 7.13. The molecule has 174 valence electrons. The molecular formula is C24H22N4O5S. The molecule has 1 unspecified atom stereocenters. The average Bonchev–Trinajstić information content (AvgIpc) is 3.63. The zero-order valence-corrected chi connectivity index (χ0v) is 19.6. The molecule has 3 aromatic heterocycles. The number of carbonyl (C=O) groups is 1. The minimum atomic E-state index is -0.545. The third-order valence-electron chi connectivity index (χ3n) is 5.63. The Kier molecular flexibility index (Phi) is 5.81. The fraction of sp³-hybridized carbons (Fsp3) is 0.208. The van der Waals surface area contributed by atoms with E-state index in [-0.39, 0.29) is 12.6 Å². The number of ether oxygens (including phenoxy) is 2. The first kappa shape index (κ1) is 21.8. The van der Waals surface area contributed by atoms with Crippen molar-refractivity contribution in [2.75, 3.05) is 14.2 Å². The number of carbonyl (C=O) groups excluding carboxylic acids is 1. The van der Waals surface area contributed by atoms with Crippen molar-refractivity contribution < 1.29 is 23.2 Å². The summed E-state index contributed by atoms with van der Waals surface area (Å²) in [7, 11) is 3.14. The number of hydrogen-bond acceptors (Lipinski definition) is 8. The highest BCUT2D eigenvalue weighted by atomic mass is 32.1. The van der Waals surface area contributed by atoms with Crippen LogP contribution in [0, 0.1) is 0 Å². The number of thiophene rings is 1. The normalized spacial score (nSPS) is 16.0. The van der Waals surface area contributed by atoms with E-state index in [1.807, 2.05) is 42.6 Å². The Morgan fingerprint density at radius 3 is 2.71 bits per heavy atom. The number of rotatable bonds is 7. The molecule has 1 atom stereocenters. The van der Waals surface area contributed by atoms with E-state index >= 15 is 0 Å². The van der Waals surface area contributed by atoms with Gasteiger partial charge in [-0.05, 0) is 48.2 Å². The maximum atomic E-state index is 13.2. The van der Waals surface area contributed by atoms with Gasteiger partial charge in [-0.1, -0.05) is 17.3 Å². The molecule has 2 amide bonds. The molecule has 4 aromatic rings. The third-order valence-corrected chi connectivity index (χ3v) is 6.50. The first-order valence-electron chi connectivity index (χ1n) is 10.5. The fourth-order valence-electron chi connectivity index (χ4n) is 3.93. The second-order valence-electron chi connectivity index (χ2n) is 7.56. The summed E-state index contributed by atoms with van der Waals surface area (Å²) in [6, 6.07) is 12.2. The summed E-state index contributed by atoms with van der Waals surface area (Å²) >= 11 is 1.52. The molecule has 5 rings (SSSR count). The van der Waals surface area contributed by atoms with Gasteiger partial charge < -0.3 is 23.7 Å². The van der Waals surface area contributed by atoms with Crippen LogP contribution in [0.3, 0.4) is 0 Å². The minimum absolute atomic E-state index is 0.263. The van der Waals surface area contributed by atoms with Crippen LogP contribution in [0.1, 0.15) is 30.2 Å². The number of methoxy groups -OCH3 is 2. The Labute approximate surface area is 199 Å². The molecule has 0 bridgehead atoms. The second-order valence-corrected chi connectivity index (χ2v) is 8.51. The minimum Gasteiger partial charge on any atom is -0.493 e. The molecule has 1 aliphatic heterocycles. The van der Waals surface area contributed by atoms with Crippen LogP contribution in [0.25, 0.3) is 16.3 Å². The number of nitrogens with one attached hydrogen (secondary N) is 1. The number of nitrogens with zero attached hydrogens (tertiary/aromatic N) is 3. The molecule has 0 radical (unpaired) electrons. The van der Waals surface area contributed by atoms with E-state index in [2.05, 4.69) is 15.5 Å². The molecule has 0 aliphatic carbocycles. The summed E-state index contributed by atoms with van der Waals surface area (Å²) in [5.41, 5.74) is 2.16. The Bertz CT molecular complexity index is 1330. The summed E-state index contributed by atoms with van der Waals surface area (Å²) in [5, 5.41) is 9.20. The average molecular weight is 479 g/mol. The van der Waals surface area contributed by atoms with Crippen molar-refractivity contribution in [3.8, 4) is 22.2 Å². The molecule has 1 N–H and O–H groups in total. The fourth-order valence-corrected chi connectivity index (χ4v) is 4.58. The molecule has 1 aromatic carbocycles. The van der Waals surface area contributed by atoms with E-state index in [4.69, 9.17) is 18.4 Å². The van der Waals surface area contributed by atoms with Crippen molar-refractivity contribution >= 4 is 22.9 Å². The number of furan rings is 1. The van der Waals surface area contributed by atoms with Crippen LogP contribution >= 0.6 is 11.3 Å². The Balaban J connectivity index is 1.62.